The third-order valence-electron chi connectivity index (χ3n) is 4.25. The molecule has 3 aromatic rings. The predicted molar refractivity (Wildman–Crippen MR) is 94.0 cm³/mol. The first-order valence-electron chi connectivity index (χ1n) is 8.33. The summed E-state index contributed by atoms with van der Waals surface area (Å²) < 4.78 is 25.5. The zero-order chi connectivity index (χ0) is 17.9. The van der Waals surface area contributed by atoms with Gasteiger partial charge in [0.15, 0.2) is 5.78 Å². The molecule has 130 valence electrons. The van der Waals surface area contributed by atoms with E-state index in [1.807, 2.05) is 18.2 Å². The lowest BCUT2D eigenvalue weighted by Crippen LogP contribution is -2.15. The Morgan fingerprint density at radius 3 is 2.69 bits per heavy atom. The van der Waals surface area contributed by atoms with Gasteiger partial charge in [0.25, 0.3) is 0 Å². The molecule has 4 nitrogen and oxygen atoms in total. The summed E-state index contributed by atoms with van der Waals surface area (Å²) in [7, 11) is 0. The van der Waals surface area contributed by atoms with E-state index in [0.717, 1.165) is 5.56 Å². The fraction of sp³-hybridized carbons (Fsp3) is 0.143. The summed E-state index contributed by atoms with van der Waals surface area (Å²) in [6.07, 6.45) is 3.21. The molecule has 0 bridgehead atoms. The average molecular weight is 349 g/mol. The molecule has 1 aliphatic heterocycles. The smallest absolute Gasteiger partial charge is 0.169 e. The largest absolute Gasteiger partial charge is 0.492 e. The number of ether oxygens (including phenoxy) is 2. The highest BCUT2D eigenvalue weighted by Crippen LogP contribution is 2.33. The van der Waals surface area contributed by atoms with E-state index in [-0.39, 0.29) is 11.6 Å². The summed E-state index contributed by atoms with van der Waals surface area (Å²) >= 11 is 0. The van der Waals surface area contributed by atoms with Crippen LogP contribution in [0.2, 0.25) is 0 Å². The maximum Gasteiger partial charge on any atom is 0.169 e. The van der Waals surface area contributed by atoms with Crippen LogP contribution in [0.25, 0.3) is 0 Å². The number of halogens is 1. The number of Topliss-reactive ketones (excluding diaryl/α,β-unsaturated/α-hetero) is 1. The van der Waals surface area contributed by atoms with E-state index in [0.29, 0.717) is 35.7 Å². The maximum absolute atomic E-state index is 13.7. The number of hydrogen-bond donors (Lipinski definition) is 0. The van der Waals surface area contributed by atoms with Crippen LogP contribution in [0.4, 0.5) is 4.39 Å². The Balaban J connectivity index is 1.70. The Bertz CT molecular complexity index is 943. The molecule has 0 amide bonds. The SMILES string of the molecule is O=C1CCOc2cc(O[C@@H](c3ccncc3)c3cccc(F)c3)ccc21. The number of aromatic nitrogens is 1. The van der Waals surface area contributed by atoms with Crippen molar-refractivity contribution in [2.75, 3.05) is 6.61 Å². The number of nitrogens with zero attached hydrogens (tertiary/aromatic N) is 1. The van der Waals surface area contributed by atoms with E-state index in [1.165, 1.54) is 12.1 Å². The molecule has 0 fully saturated rings. The summed E-state index contributed by atoms with van der Waals surface area (Å²) in [5.74, 6) is 0.800. The fourth-order valence-corrected chi connectivity index (χ4v) is 2.99. The van der Waals surface area contributed by atoms with E-state index < -0.39 is 6.10 Å². The summed E-state index contributed by atoms with van der Waals surface area (Å²) in [6.45, 7) is 0.368. The molecule has 2 heterocycles. The fourth-order valence-electron chi connectivity index (χ4n) is 2.99. The van der Waals surface area contributed by atoms with E-state index >= 15 is 0 Å². The van der Waals surface area contributed by atoms with Crippen LogP contribution in [-0.2, 0) is 0 Å². The highest BCUT2D eigenvalue weighted by atomic mass is 19.1. The van der Waals surface area contributed by atoms with Crippen molar-refractivity contribution in [1.82, 2.24) is 4.98 Å². The van der Waals surface area contributed by atoms with Crippen LogP contribution in [0.15, 0.2) is 67.0 Å². The zero-order valence-electron chi connectivity index (χ0n) is 13.9. The number of hydrogen-bond acceptors (Lipinski definition) is 4. The van der Waals surface area contributed by atoms with Gasteiger partial charge < -0.3 is 9.47 Å². The van der Waals surface area contributed by atoms with Gasteiger partial charge in [0.05, 0.1) is 12.2 Å². The van der Waals surface area contributed by atoms with Gasteiger partial charge in [-0.3, -0.25) is 9.78 Å². The molecule has 0 aliphatic carbocycles. The molecule has 0 spiro atoms. The molecule has 0 unspecified atom stereocenters. The van der Waals surface area contributed by atoms with Crippen LogP contribution in [-0.4, -0.2) is 17.4 Å². The van der Waals surface area contributed by atoms with E-state index in [9.17, 15) is 9.18 Å². The molecule has 5 heteroatoms. The van der Waals surface area contributed by atoms with Gasteiger partial charge in [-0.05, 0) is 47.5 Å². The Morgan fingerprint density at radius 1 is 1.04 bits per heavy atom. The van der Waals surface area contributed by atoms with Crippen LogP contribution < -0.4 is 9.47 Å². The molecule has 2 aromatic carbocycles. The summed E-state index contributed by atoms with van der Waals surface area (Å²) in [4.78, 5) is 16.0. The lowest BCUT2D eigenvalue weighted by atomic mass is 10.0. The maximum atomic E-state index is 13.7. The van der Waals surface area contributed by atoms with Crippen LogP contribution in [0, 0.1) is 5.82 Å². The lowest BCUT2D eigenvalue weighted by Gasteiger charge is -2.22. The number of benzene rings is 2. The van der Waals surface area contributed by atoms with Gasteiger partial charge in [-0.1, -0.05) is 12.1 Å². The number of ketones is 1. The molecule has 0 saturated carbocycles. The monoisotopic (exact) mass is 349 g/mol. The van der Waals surface area contributed by atoms with Crippen LogP contribution >= 0.6 is 0 Å². The molecule has 0 N–H and O–H groups in total. The van der Waals surface area contributed by atoms with Crippen LogP contribution in [0.5, 0.6) is 11.5 Å². The number of fused-ring (bicyclic) bond motifs is 1. The van der Waals surface area contributed by atoms with Gasteiger partial charge in [0, 0.05) is 24.9 Å². The van der Waals surface area contributed by atoms with E-state index in [1.54, 1.807) is 36.7 Å². The van der Waals surface area contributed by atoms with Gasteiger partial charge >= 0.3 is 0 Å². The van der Waals surface area contributed by atoms with Crippen molar-refractivity contribution in [3.63, 3.8) is 0 Å². The molecular formula is C21H16FNO3. The Labute approximate surface area is 150 Å². The second-order valence-electron chi connectivity index (χ2n) is 6.01. The minimum absolute atomic E-state index is 0.0635. The molecule has 1 aromatic heterocycles. The zero-order valence-corrected chi connectivity index (χ0v) is 13.9. The second-order valence-corrected chi connectivity index (χ2v) is 6.01. The number of carbonyl (C=O) groups is 1. The van der Waals surface area contributed by atoms with Crippen molar-refractivity contribution < 1.29 is 18.7 Å². The first-order valence-corrected chi connectivity index (χ1v) is 8.33. The highest BCUT2D eigenvalue weighted by molar-refractivity contribution is 5.99. The van der Waals surface area contributed by atoms with Crippen molar-refractivity contribution in [2.45, 2.75) is 12.5 Å². The lowest BCUT2D eigenvalue weighted by molar-refractivity contribution is 0.0933. The molecule has 1 aliphatic rings. The Hall–Kier alpha value is -3.21. The first-order chi connectivity index (χ1) is 12.7. The topological polar surface area (TPSA) is 48.4 Å². The van der Waals surface area contributed by atoms with Crippen LogP contribution in [0.1, 0.15) is 34.0 Å². The molecule has 1 atom stereocenters. The van der Waals surface area contributed by atoms with Crippen LogP contribution in [0.3, 0.4) is 0 Å². The van der Waals surface area contributed by atoms with Gasteiger partial charge in [-0.15, -0.1) is 0 Å². The number of rotatable bonds is 4. The predicted octanol–water partition coefficient (Wildman–Crippen LogP) is 4.35. The summed E-state index contributed by atoms with van der Waals surface area (Å²) in [5, 5.41) is 0. The van der Waals surface area contributed by atoms with Gasteiger partial charge in [-0.2, -0.15) is 0 Å². The summed E-state index contributed by atoms with van der Waals surface area (Å²) in [6, 6.07) is 15.1. The third-order valence-corrected chi connectivity index (χ3v) is 4.25. The van der Waals surface area contributed by atoms with Crippen molar-refractivity contribution in [2.24, 2.45) is 0 Å². The first kappa shape index (κ1) is 16.3. The van der Waals surface area contributed by atoms with Crippen molar-refractivity contribution in [1.29, 1.82) is 0 Å². The highest BCUT2D eigenvalue weighted by Gasteiger charge is 2.21. The average Bonchev–Trinajstić information content (AvgIpc) is 2.67. The van der Waals surface area contributed by atoms with Crippen molar-refractivity contribution in [3.8, 4) is 11.5 Å². The van der Waals surface area contributed by atoms with Crippen molar-refractivity contribution in [3.05, 3.63) is 89.5 Å². The molecule has 0 saturated heterocycles. The summed E-state index contributed by atoms with van der Waals surface area (Å²) in [5.41, 5.74) is 2.10. The quantitative estimate of drug-likeness (QED) is 0.702. The van der Waals surface area contributed by atoms with Gasteiger partial charge in [0.2, 0.25) is 0 Å². The molecular weight excluding hydrogens is 333 g/mol. The second kappa shape index (κ2) is 6.96. The third kappa shape index (κ3) is 3.28. The Kier molecular flexibility index (Phi) is 4.35. The molecule has 26 heavy (non-hydrogen) atoms. The van der Waals surface area contributed by atoms with E-state index in [2.05, 4.69) is 4.98 Å². The standard InChI is InChI=1S/C21H16FNO3/c22-16-3-1-2-15(12-16)21(14-6-9-23-10-7-14)26-17-4-5-18-19(24)8-11-25-20(18)13-17/h1-7,9-10,12-13,21H,8,11H2/t21-/m0/s1. The molecule has 0 radical (unpaired) electrons. The van der Waals surface area contributed by atoms with Gasteiger partial charge in [-0.25, -0.2) is 4.39 Å². The minimum atomic E-state index is -0.508. The normalized spacial score (nSPS) is 14.3. The van der Waals surface area contributed by atoms with E-state index in [4.69, 9.17) is 9.47 Å². The minimum Gasteiger partial charge on any atom is -0.492 e. The Morgan fingerprint density at radius 2 is 1.88 bits per heavy atom. The molecule has 4 rings (SSSR count). The van der Waals surface area contributed by atoms with Gasteiger partial charge in [0.1, 0.15) is 23.4 Å². The number of pyridine rings is 1. The van der Waals surface area contributed by atoms with Crippen molar-refractivity contribution >= 4 is 5.78 Å². The number of carbonyl (C=O) groups excluding carboxylic acids is 1.